The minimum absolute atomic E-state index is 0.0218. The molecule has 1 aliphatic rings. The number of aromatic nitrogens is 2. The van der Waals surface area contributed by atoms with Gasteiger partial charge in [-0.3, -0.25) is 4.57 Å². The number of para-hydroxylation sites is 1. The van der Waals surface area contributed by atoms with Gasteiger partial charge in [-0.1, -0.05) is 166 Å². The van der Waals surface area contributed by atoms with Crippen LogP contribution in [0.2, 0.25) is 0 Å². The number of ether oxygens (including phenoxy) is 1. The zero-order valence-corrected chi connectivity index (χ0v) is 40.7. The average Bonchev–Trinajstić information content (AvgIpc) is 3.87. The molecule has 0 unspecified atom stereocenters. The van der Waals surface area contributed by atoms with E-state index in [1.165, 1.54) is 50.1 Å². The van der Waals surface area contributed by atoms with E-state index in [4.69, 9.17) is 9.72 Å². The van der Waals surface area contributed by atoms with Crippen LogP contribution in [0, 0.1) is 0 Å². The molecule has 0 aliphatic carbocycles. The molecule has 9 aromatic rings. The summed E-state index contributed by atoms with van der Waals surface area (Å²) in [5.74, 6) is 2.44. The molecule has 0 N–H and O–H groups in total. The predicted octanol–water partition coefficient (Wildman–Crippen LogP) is 16.5. The van der Waals surface area contributed by atoms with Gasteiger partial charge in [0.05, 0.1) is 22.4 Å². The summed E-state index contributed by atoms with van der Waals surface area (Å²) in [7, 11) is 0. The molecule has 5 heteroatoms. The van der Waals surface area contributed by atoms with E-state index >= 15 is 0 Å². The third-order valence-corrected chi connectivity index (χ3v) is 14.2. The van der Waals surface area contributed by atoms with E-state index in [1.54, 1.807) is 0 Å². The Morgan fingerprint density at radius 1 is 0.403 bits per heavy atom. The van der Waals surface area contributed by atoms with Gasteiger partial charge in [0.15, 0.2) is 0 Å². The van der Waals surface area contributed by atoms with Crippen LogP contribution in [0.5, 0.6) is 11.5 Å². The third-order valence-electron chi connectivity index (χ3n) is 14.2. The standard InChI is InChI=1S/C62H62N4O/c1-59(2,3)44-28-31-55-57(37-44)64(48-25-19-24-46(34-48)61(7,8)42-20-13-11-14-21-42)41-65(55)49-35-47(62(9,10)43-22-15-12-16-23-43)36-51(39-49)67-50-29-30-53-52-26-17-18-27-54(52)66(56(53)40-50)58-38-45(32-33-63-58)60(4,5)6/h11-40H,41H2,1-10H3. The first-order chi connectivity index (χ1) is 32.0. The van der Waals surface area contributed by atoms with Crippen molar-refractivity contribution in [2.24, 2.45) is 0 Å². The first kappa shape index (κ1) is 43.8. The fourth-order valence-corrected chi connectivity index (χ4v) is 9.84. The molecule has 0 bridgehead atoms. The van der Waals surface area contributed by atoms with Crippen LogP contribution in [0.25, 0.3) is 27.6 Å². The minimum Gasteiger partial charge on any atom is -0.457 e. The van der Waals surface area contributed by atoms with E-state index in [2.05, 4.69) is 260 Å². The van der Waals surface area contributed by atoms with E-state index < -0.39 is 0 Å². The summed E-state index contributed by atoms with van der Waals surface area (Å²) in [4.78, 5) is 9.89. The van der Waals surface area contributed by atoms with E-state index in [1.807, 2.05) is 6.20 Å². The normalized spacial score (nSPS) is 13.4. The second-order valence-corrected chi connectivity index (χ2v) is 21.5. The molecule has 1 aliphatic heterocycles. The Kier molecular flexibility index (Phi) is 10.7. The number of fused-ring (bicyclic) bond motifs is 4. The minimum atomic E-state index is -0.328. The lowest BCUT2D eigenvalue weighted by Crippen LogP contribution is -2.26. The maximum atomic E-state index is 7.11. The number of hydrogen-bond donors (Lipinski definition) is 0. The van der Waals surface area contributed by atoms with Crippen molar-refractivity contribution >= 4 is 44.6 Å². The molecule has 336 valence electrons. The molecule has 0 fully saturated rings. The van der Waals surface area contributed by atoms with Crippen molar-refractivity contribution in [3.63, 3.8) is 0 Å². The van der Waals surface area contributed by atoms with Crippen LogP contribution in [0.15, 0.2) is 182 Å². The first-order valence-electron chi connectivity index (χ1n) is 23.7. The van der Waals surface area contributed by atoms with Gasteiger partial charge in [0.1, 0.15) is 24.0 Å². The summed E-state index contributed by atoms with van der Waals surface area (Å²) < 4.78 is 9.39. The number of pyridine rings is 1. The second-order valence-electron chi connectivity index (χ2n) is 21.5. The summed E-state index contributed by atoms with van der Waals surface area (Å²) in [5, 5.41) is 2.34. The smallest absolute Gasteiger partial charge is 0.137 e. The molecule has 2 aromatic heterocycles. The number of nitrogens with zero attached hydrogens (tertiary/aromatic N) is 4. The van der Waals surface area contributed by atoms with E-state index in [0.717, 1.165) is 45.1 Å². The molecule has 0 spiro atoms. The van der Waals surface area contributed by atoms with Gasteiger partial charge in [-0.2, -0.15) is 0 Å². The van der Waals surface area contributed by atoms with Crippen molar-refractivity contribution < 1.29 is 4.74 Å². The molecule has 0 amide bonds. The molecular formula is C62H62N4O. The maximum Gasteiger partial charge on any atom is 0.137 e. The zero-order valence-electron chi connectivity index (χ0n) is 40.7. The Balaban J connectivity index is 1.11. The fraction of sp³-hybridized carbons (Fsp3) is 0.242. The molecule has 0 atom stereocenters. The van der Waals surface area contributed by atoms with E-state index in [9.17, 15) is 0 Å². The van der Waals surface area contributed by atoms with Gasteiger partial charge in [0, 0.05) is 51.3 Å². The topological polar surface area (TPSA) is 33.5 Å². The fourth-order valence-electron chi connectivity index (χ4n) is 9.84. The van der Waals surface area contributed by atoms with Crippen LogP contribution < -0.4 is 14.5 Å². The summed E-state index contributed by atoms with van der Waals surface area (Å²) in [6.07, 6.45) is 1.93. The van der Waals surface area contributed by atoms with Gasteiger partial charge in [-0.05, 0) is 111 Å². The number of benzene rings is 7. The summed E-state index contributed by atoms with van der Waals surface area (Å²) in [6.45, 7) is 23.5. The van der Waals surface area contributed by atoms with Crippen LogP contribution >= 0.6 is 0 Å². The van der Waals surface area contributed by atoms with Crippen molar-refractivity contribution in [3.05, 3.63) is 216 Å². The second kappa shape index (κ2) is 16.3. The Hall–Kier alpha value is -7.11. The Morgan fingerprint density at radius 3 is 1.70 bits per heavy atom. The highest BCUT2D eigenvalue weighted by Gasteiger charge is 2.33. The van der Waals surface area contributed by atoms with Gasteiger partial charge < -0.3 is 14.5 Å². The SMILES string of the molecule is CC(C)(C)c1ccnc(-n2c3ccccc3c3ccc(Oc4cc(N5CN(c6cccc(C(C)(C)c7ccccc7)c6)c6cc(C(C)(C)C)ccc65)cc(C(C)(C)c5ccccc5)c4)cc32)c1. The van der Waals surface area contributed by atoms with Gasteiger partial charge in [0.25, 0.3) is 0 Å². The van der Waals surface area contributed by atoms with Gasteiger partial charge in [-0.25, -0.2) is 4.98 Å². The number of rotatable bonds is 9. The largest absolute Gasteiger partial charge is 0.457 e. The van der Waals surface area contributed by atoms with Crippen molar-refractivity contribution in [1.29, 1.82) is 0 Å². The highest BCUT2D eigenvalue weighted by molar-refractivity contribution is 6.09. The van der Waals surface area contributed by atoms with Gasteiger partial charge in [0.2, 0.25) is 0 Å². The molecule has 10 rings (SSSR count). The molecule has 0 saturated carbocycles. The summed E-state index contributed by atoms with van der Waals surface area (Å²) in [5.41, 5.74) is 13.7. The Morgan fingerprint density at radius 2 is 1.00 bits per heavy atom. The lowest BCUT2D eigenvalue weighted by atomic mass is 9.78. The molecule has 0 radical (unpaired) electrons. The van der Waals surface area contributed by atoms with Crippen molar-refractivity contribution in [2.75, 3.05) is 16.5 Å². The van der Waals surface area contributed by atoms with Crippen molar-refractivity contribution in [1.82, 2.24) is 9.55 Å². The van der Waals surface area contributed by atoms with Crippen LogP contribution in [0.3, 0.4) is 0 Å². The predicted molar refractivity (Wildman–Crippen MR) is 282 cm³/mol. The maximum absolute atomic E-state index is 7.11. The molecule has 0 saturated heterocycles. The van der Waals surface area contributed by atoms with Crippen molar-refractivity contribution in [2.45, 2.75) is 90.9 Å². The van der Waals surface area contributed by atoms with Crippen LogP contribution in [0.1, 0.15) is 103 Å². The van der Waals surface area contributed by atoms with E-state index in [-0.39, 0.29) is 21.7 Å². The Bertz CT molecular complexity index is 3280. The van der Waals surface area contributed by atoms with Gasteiger partial charge in [-0.15, -0.1) is 0 Å². The summed E-state index contributed by atoms with van der Waals surface area (Å²) >= 11 is 0. The first-order valence-corrected chi connectivity index (χ1v) is 23.7. The van der Waals surface area contributed by atoms with Crippen molar-refractivity contribution in [3.8, 4) is 17.3 Å². The molecule has 5 nitrogen and oxygen atoms in total. The lowest BCUT2D eigenvalue weighted by Gasteiger charge is -2.30. The summed E-state index contributed by atoms with van der Waals surface area (Å²) in [6, 6.07) is 64.1. The molecule has 3 heterocycles. The quantitative estimate of drug-likeness (QED) is 0.145. The van der Waals surface area contributed by atoms with E-state index in [0.29, 0.717) is 6.67 Å². The highest BCUT2D eigenvalue weighted by Crippen LogP contribution is 2.49. The number of anilines is 4. The highest BCUT2D eigenvalue weighted by atomic mass is 16.5. The average molecular weight is 879 g/mol. The zero-order chi connectivity index (χ0) is 46.9. The monoisotopic (exact) mass is 878 g/mol. The van der Waals surface area contributed by atoms with Crippen LogP contribution in [-0.2, 0) is 21.7 Å². The van der Waals surface area contributed by atoms with Gasteiger partial charge >= 0.3 is 0 Å². The van der Waals surface area contributed by atoms with Crippen LogP contribution in [0.4, 0.5) is 22.7 Å². The third kappa shape index (κ3) is 8.05. The molecule has 67 heavy (non-hydrogen) atoms. The Labute approximate surface area is 397 Å². The molecule has 7 aromatic carbocycles. The van der Waals surface area contributed by atoms with Crippen LogP contribution in [-0.4, -0.2) is 16.2 Å². The lowest BCUT2D eigenvalue weighted by molar-refractivity contribution is 0.480. The number of hydrogen-bond acceptors (Lipinski definition) is 4. The molecular weight excluding hydrogens is 817 g/mol.